The maximum Gasteiger partial charge on any atom is 0.332 e. The Hall–Kier alpha value is -0.870. The highest BCUT2D eigenvalue weighted by atomic mass is 16.5. The first-order valence-corrected chi connectivity index (χ1v) is 4.95. The Morgan fingerprint density at radius 1 is 1.57 bits per heavy atom. The van der Waals surface area contributed by atoms with Gasteiger partial charge in [-0.2, -0.15) is 0 Å². The van der Waals surface area contributed by atoms with Crippen LogP contribution >= 0.6 is 0 Å². The number of aliphatic carboxylic acids is 1. The first kappa shape index (κ1) is 9.68. The molecule has 0 saturated carbocycles. The zero-order chi connectivity index (χ0) is 10.1. The van der Waals surface area contributed by atoms with Crippen molar-refractivity contribution in [1.29, 1.82) is 0 Å². The topological polar surface area (TPSA) is 49.8 Å². The van der Waals surface area contributed by atoms with Gasteiger partial charge in [0.05, 0.1) is 12.2 Å². The number of ether oxygens (including phenoxy) is 1. The molecule has 3 heterocycles. The Bertz CT molecular complexity index is 259. The van der Waals surface area contributed by atoms with E-state index in [0.29, 0.717) is 24.3 Å². The minimum Gasteiger partial charge on any atom is -0.478 e. The zero-order valence-corrected chi connectivity index (χ0v) is 8.27. The molecule has 4 heteroatoms. The Morgan fingerprint density at radius 2 is 2.14 bits per heavy atom. The molecular formula is C10H15NO3. The summed E-state index contributed by atoms with van der Waals surface area (Å²) in [6.07, 6.45) is 3.51. The number of carboxylic acids is 1. The van der Waals surface area contributed by atoms with E-state index in [-0.39, 0.29) is 0 Å². The van der Waals surface area contributed by atoms with Gasteiger partial charge in [-0.25, -0.2) is 4.79 Å². The van der Waals surface area contributed by atoms with E-state index < -0.39 is 5.97 Å². The second-order valence-corrected chi connectivity index (χ2v) is 3.93. The lowest BCUT2D eigenvalue weighted by Crippen LogP contribution is -2.57. The monoisotopic (exact) mass is 197 g/mol. The molecule has 0 aliphatic carbocycles. The molecule has 3 rings (SSSR count). The van der Waals surface area contributed by atoms with Gasteiger partial charge >= 0.3 is 5.97 Å². The van der Waals surface area contributed by atoms with Crippen molar-refractivity contribution in [3.05, 3.63) is 11.6 Å². The molecule has 0 aromatic carbocycles. The van der Waals surface area contributed by atoms with E-state index in [1.54, 1.807) is 13.0 Å². The molecule has 3 aliphatic rings. The molecule has 3 fully saturated rings. The molecule has 0 radical (unpaired) electrons. The summed E-state index contributed by atoms with van der Waals surface area (Å²) < 4.78 is 5.47. The Morgan fingerprint density at radius 3 is 2.57 bits per heavy atom. The number of hydrogen-bond acceptors (Lipinski definition) is 3. The van der Waals surface area contributed by atoms with E-state index in [4.69, 9.17) is 9.84 Å². The summed E-state index contributed by atoms with van der Waals surface area (Å²) >= 11 is 0. The number of carboxylic acid groups (broad SMARTS) is 1. The zero-order valence-electron chi connectivity index (χ0n) is 8.27. The van der Waals surface area contributed by atoms with E-state index in [1.165, 1.54) is 0 Å². The average molecular weight is 197 g/mol. The fourth-order valence-corrected chi connectivity index (χ4v) is 2.09. The van der Waals surface area contributed by atoms with Crippen LogP contribution in [0.15, 0.2) is 11.6 Å². The minimum atomic E-state index is -0.812. The molecule has 2 unspecified atom stereocenters. The number of rotatable bonds is 3. The summed E-state index contributed by atoms with van der Waals surface area (Å²) in [5.41, 5.74) is 0.478. The van der Waals surface area contributed by atoms with Crippen LogP contribution in [0.5, 0.6) is 0 Å². The molecule has 0 amide bonds. The third-order valence-electron chi connectivity index (χ3n) is 2.85. The van der Waals surface area contributed by atoms with Crippen LogP contribution < -0.4 is 0 Å². The highest BCUT2D eigenvalue weighted by Crippen LogP contribution is 2.28. The lowest BCUT2D eigenvalue weighted by atomic mass is 9.98. The van der Waals surface area contributed by atoms with Crippen molar-refractivity contribution < 1.29 is 14.6 Å². The second-order valence-electron chi connectivity index (χ2n) is 3.93. The van der Waals surface area contributed by atoms with E-state index in [0.717, 1.165) is 19.5 Å². The third kappa shape index (κ3) is 1.81. The number of piperidine rings is 1. The molecule has 2 atom stereocenters. The van der Waals surface area contributed by atoms with Crippen molar-refractivity contribution in [3.63, 3.8) is 0 Å². The maximum absolute atomic E-state index is 10.8. The van der Waals surface area contributed by atoms with Crippen LogP contribution in [0, 0.1) is 0 Å². The van der Waals surface area contributed by atoms with Crippen molar-refractivity contribution >= 4 is 5.97 Å². The van der Waals surface area contributed by atoms with Crippen LogP contribution in [-0.4, -0.2) is 47.8 Å². The highest BCUT2D eigenvalue weighted by molar-refractivity contribution is 5.86. The van der Waals surface area contributed by atoms with Crippen LogP contribution in [-0.2, 0) is 9.53 Å². The van der Waals surface area contributed by atoms with E-state index in [1.807, 2.05) is 0 Å². The summed E-state index contributed by atoms with van der Waals surface area (Å²) in [4.78, 5) is 12.9. The molecule has 3 saturated heterocycles. The molecular weight excluding hydrogens is 182 g/mol. The third-order valence-corrected chi connectivity index (χ3v) is 2.85. The molecule has 2 bridgehead atoms. The summed E-state index contributed by atoms with van der Waals surface area (Å²) in [7, 11) is 0. The van der Waals surface area contributed by atoms with Crippen molar-refractivity contribution in [1.82, 2.24) is 4.90 Å². The molecule has 14 heavy (non-hydrogen) atoms. The smallest absolute Gasteiger partial charge is 0.332 e. The summed E-state index contributed by atoms with van der Waals surface area (Å²) in [6.45, 7) is 4.06. The molecule has 3 aliphatic heterocycles. The lowest BCUT2D eigenvalue weighted by Gasteiger charge is -2.47. The van der Waals surface area contributed by atoms with Crippen LogP contribution in [0.3, 0.4) is 0 Å². The van der Waals surface area contributed by atoms with Crippen LogP contribution in [0.2, 0.25) is 0 Å². The van der Waals surface area contributed by atoms with Gasteiger partial charge in [0.15, 0.2) is 0 Å². The summed E-state index contributed by atoms with van der Waals surface area (Å²) in [6, 6.07) is 0. The quantitative estimate of drug-likeness (QED) is 0.669. The van der Waals surface area contributed by atoms with Crippen molar-refractivity contribution in [3.8, 4) is 0 Å². The number of hydrogen-bond donors (Lipinski definition) is 1. The highest BCUT2D eigenvalue weighted by Gasteiger charge is 2.38. The molecule has 78 valence electrons. The van der Waals surface area contributed by atoms with Gasteiger partial charge < -0.3 is 9.84 Å². The fraction of sp³-hybridized carbons (Fsp3) is 0.700. The molecule has 0 aromatic heterocycles. The van der Waals surface area contributed by atoms with Crippen molar-refractivity contribution in [2.75, 3.05) is 19.6 Å². The number of fused-ring (bicyclic) bond motifs is 2. The van der Waals surface area contributed by atoms with Gasteiger partial charge in [0.25, 0.3) is 0 Å². The van der Waals surface area contributed by atoms with Crippen molar-refractivity contribution in [2.24, 2.45) is 0 Å². The van der Waals surface area contributed by atoms with E-state index in [2.05, 4.69) is 4.90 Å². The number of nitrogens with zero attached hydrogens (tertiary/aromatic N) is 1. The lowest BCUT2D eigenvalue weighted by molar-refractivity contribution is -0.179. The predicted octanol–water partition coefficient (Wildman–Crippen LogP) is 0.490. The SMILES string of the molecule is C/C=C(\CN1CC2CC(C1)O2)C(=O)O. The Labute approximate surface area is 83.2 Å². The molecule has 0 spiro atoms. The van der Waals surface area contributed by atoms with Crippen LogP contribution in [0.1, 0.15) is 13.3 Å². The van der Waals surface area contributed by atoms with Gasteiger partial charge in [0.2, 0.25) is 0 Å². The predicted molar refractivity (Wildman–Crippen MR) is 51.1 cm³/mol. The van der Waals surface area contributed by atoms with Gasteiger partial charge in [0.1, 0.15) is 0 Å². The van der Waals surface area contributed by atoms with Crippen LogP contribution in [0.4, 0.5) is 0 Å². The van der Waals surface area contributed by atoms with Gasteiger partial charge in [-0.05, 0) is 6.92 Å². The Kier molecular flexibility index (Phi) is 2.56. The maximum atomic E-state index is 10.8. The minimum absolute atomic E-state index is 0.348. The Balaban J connectivity index is 1.88. The molecule has 4 nitrogen and oxygen atoms in total. The van der Waals surface area contributed by atoms with Gasteiger partial charge in [0, 0.05) is 31.6 Å². The van der Waals surface area contributed by atoms with Gasteiger partial charge in [-0.15, -0.1) is 0 Å². The first-order valence-electron chi connectivity index (χ1n) is 4.95. The first-order chi connectivity index (χ1) is 6.69. The van der Waals surface area contributed by atoms with Crippen LogP contribution in [0.25, 0.3) is 0 Å². The number of allylic oxidation sites excluding steroid dienone is 1. The molecule has 1 N–H and O–H groups in total. The molecule has 0 aromatic rings. The summed E-state index contributed by atoms with van der Waals surface area (Å²) in [5.74, 6) is -0.812. The summed E-state index contributed by atoms with van der Waals surface area (Å²) in [5, 5.41) is 8.85. The van der Waals surface area contributed by atoms with Gasteiger partial charge in [-0.3, -0.25) is 4.90 Å². The normalized spacial score (nSPS) is 32.5. The van der Waals surface area contributed by atoms with Crippen molar-refractivity contribution in [2.45, 2.75) is 25.6 Å². The van der Waals surface area contributed by atoms with E-state index in [9.17, 15) is 4.79 Å². The largest absolute Gasteiger partial charge is 0.478 e. The van der Waals surface area contributed by atoms with Gasteiger partial charge in [-0.1, -0.05) is 6.08 Å². The number of carbonyl (C=O) groups is 1. The fourth-order valence-electron chi connectivity index (χ4n) is 2.09. The average Bonchev–Trinajstić information content (AvgIpc) is 2.13. The number of morpholine rings is 1. The standard InChI is InChI=1S/C10H15NO3/c1-2-7(10(12)13)4-11-5-8-3-9(6-11)14-8/h2,8-9H,3-6H2,1H3,(H,12,13)/b7-2+. The van der Waals surface area contributed by atoms with E-state index >= 15 is 0 Å². The second kappa shape index (κ2) is 3.71.